The first-order chi connectivity index (χ1) is 11.0. The summed E-state index contributed by atoms with van der Waals surface area (Å²) in [6.07, 6.45) is 1.26. The summed E-state index contributed by atoms with van der Waals surface area (Å²) < 4.78 is 17.3. The molecule has 2 rings (SSSR count). The Bertz CT molecular complexity index is 724. The van der Waals surface area contributed by atoms with Gasteiger partial charge in [-0.3, -0.25) is 9.59 Å². The maximum atomic E-state index is 12.8. The zero-order valence-corrected chi connectivity index (χ0v) is 12.9. The highest BCUT2D eigenvalue weighted by Crippen LogP contribution is 2.18. The number of benzene rings is 1. The van der Waals surface area contributed by atoms with Crippen molar-refractivity contribution < 1.29 is 18.7 Å². The number of anilines is 2. The maximum absolute atomic E-state index is 12.8. The topological polar surface area (TPSA) is 107 Å². The number of rotatable bonds is 5. The molecule has 1 heterocycles. The Hall–Kier alpha value is -2.68. The van der Waals surface area contributed by atoms with Crippen LogP contribution in [0, 0.1) is 5.82 Å². The van der Waals surface area contributed by atoms with Gasteiger partial charge >= 0.3 is 5.97 Å². The van der Waals surface area contributed by atoms with Crippen molar-refractivity contribution in [2.24, 2.45) is 0 Å². The number of amides is 1. The van der Waals surface area contributed by atoms with E-state index in [0.717, 1.165) is 11.8 Å². The number of aromatic nitrogens is 2. The van der Waals surface area contributed by atoms with Gasteiger partial charge in [0.1, 0.15) is 17.2 Å². The Labute approximate surface area is 135 Å². The fourth-order valence-electron chi connectivity index (χ4n) is 1.54. The number of hydrogen-bond donors (Lipinski definition) is 2. The molecule has 0 saturated carbocycles. The SMILES string of the molecule is COC(=O)CSc1ncc(C(=O)Nc2ccc(F)cc2)c(N)n1. The number of thioether (sulfide) groups is 1. The maximum Gasteiger partial charge on any atom is 0.316 e. The molecule has 0 bridgehead atoms. The van der Waals surface area contributed by atoms with Crippen LogP contribution in [0.2, 0.25) is 0 Å². The molecule has 0 spiro atoms. The Morgan fingerprint density at radius 1 is 1.35 bits per heavy atom. The molecule has 0 aliphatic rings. The van der Waals surface area contributed by atoms with E-state index in [0.29, 0.717) is 5.69 Å². The van der Waals surface area contributed by atoms with Crippen molar-refractivity contribution in [3.63, 3.8) is 0 Å². The van der Waals surface area contributed by atoms with Gasteiger partial charge in [-0.05, 0) is 24.3 Å². The molecule has 9 heteroatoms. The van der Waals surface area contributed by atoms with E-state index in [9.17, 15) is 14.0 Å². The Balaban J connectivity index is 2.06. The summed E-state index contributed by atoms with van der Waals surface area (Å²) in [5.41, 5.74) is 6.23. The summed E-state index contributed by atoms with van der Waals surface area (Å²) in [6.45, 7) is 0. The third-order valence-electron chi connectivity index (χ3n) is 2.69. The molecule has 3 N–H and O–H groups in total. The van der Waals surface area contributed by atoms with Gasteiger partial charge in [0.15, 0.2) is 5.16 Å². The molecule has 1 aromatic heterocycles. The zero-order chi connectivity index (χ0) is 16.8. The number of methoxy groups -OCH3 is 1. The standard InChI is InChI=1S/C14H13FN4O3S/c1-22-11(20)7-23-14-17-6-10(12(16)19-14)13(21)18-9-4-2-8(15)3-5-9/h2-6H,7H2,1H3,(H,18,21)(H2,16,17,19). The van der Waals surface area contributed by atoms with Crippen LogP contribution in [0.25, 0.3) is 0 Å². The number of hydrogen-bond acceptors (Lipinski definition) is 7. The van der Waals surface area contributed by atoms with Crippen molar-refractivity contribution in [1.82, 2.24) is 9.97 Å². The lowest BCUT2D eigenvalue weighted by molar-refractivity contribution is -0.137. The van der Waals surface area contributed by atoms with E-state index in [1.165, 1.54) is 37.6 Å². The number of nitrogen functional groups attached to an aromatic ring is 1. The number of nitrogens with one attached hydrogen (secondary N) is 1. The lowest BCUT2D eigenvalue weighted by atomic mass is 10.2. The summed E-state index contributed by atoms with van der Waals surface area (Å²) in [5, 5.41) is 2.81. The number of carbonyl (C=O) groups excluding carboxylic acids is 2. The molecule has 0 aliphatic heterocycles. The molecule has 2 aromatic rings. The van der Waals surface area contributed by atoms with Gasteiger partial charge in [-0.1, -0.05) is 11.8 Å². The van der Waals surface area contributed by atoms with Crippen molar-refractivity contribution in [3.8, 4) is 0 Å². The van der Waals surface area contributed by atoms with Gasteiger partial charge in [0.05, 0.1) is 12.9 Å². The lowest BCUT2D eigenvalue weighted by Crippen LogP contribution is -2.16. The molecule has 0 unspecified atom stereocenters. The number of esters is 1. The Morgan fingerprint density at radius 2 is 2.04 bits per heavy atom. The second-order valence-corrected chi connectivity index (χ2v) is 5.22. The van der Waals surface area contributed by atoms with Crippen LogP contribution in [0.3, 0.4) is 0 Å². The molecule has 0 radical (unpaired) electrons. The van der Waals surface area contributed by atoms with E-state index in [-0.39, 0.29) is 22.3 Å². The lowest BCUT2D eigenvalue weighted by Gasteiger charge is -2.07. The summed E-state index contributed by atoms with van der Waals surface area (Å²) >= 11 is 1.04. The third kappa shape index (κ3) is 4.65. The van der Waals surface area contributed by atoms with Crippen molar-refractivity contribution in [3.05, 3.63) is 41.8 Å². The molecule has 0 atom stereocenters. The summed E-state index contributed by atoms with van der Waals surface area (Å²) in [6, 6.07) is 5.29. The van der Waals surface area contributed by atoms with Gasteiger partial charge in [0.25, 0.3) is 5.91 Å². The molecule has 23 heavy (non-hydrogen) atoms. The fraction of sp³-hybridized carbons (Fsp3) is 0.143. The van der Waals surface area contributed by atoms with Crippen molar-refractivity contribution in [1.29, 1.82) is 0 Å². The fourth-order valence-corrected chi connectivity index (χ4v) is 2.19. The molecule has 120 valence electrons. The van der Waals surface area contributed by atoms with E-state index in [2.05, 4.69) is 20.0 Å². The summed E-state index contributed by atoms with van der Waals surface area (Å²) in [4.78, 5) is 31.1. The molecular weight excluding hydrogens is 323 g/mol. The average molecular weight is 336 g/mol. The number of carbonyl (C=O) groups is 2. The van der Waals surface area contributed by atoms with Crippen LogP contribution in [0.5, 0.6) is 0 Å². The second kappa shape index (κ2) is 7.54. The van der Waals surface area contributed by atoms with Gasteiger partial charge < -0.3 is 15.8 Å². The van der Waals surface area contributed by atoms with E-state index >= 15 is 0 Å². The van der Waals surface area contributed by atoms with Crippen molar-refractivity contribution >= 4 is 35.1 Å². The van der Waals surface area contributed by atoms with Gasteiger partial charge in [-0.2, -0.15) is 0 Å². The summed E-state index contributed by atoms with van der Waals surface area (Å²) in [7, 11) is 1.28. The van der Waals surface area contributed by atoms with Gasteiger partial charge in [0, 0.05) is 11.9 Å². The molecule has 0 aliphatic carbocycles. The Kier molecular flexibility index (Phi) is 5.47. The van der Waals surface area contributed by atoms with Gasteiger partial charge in [-0.15, -0.1) is 0 Å². The number of halogens is 1. The molecule has 0 saturated heterocycles. The predicted molar refractivity (Wildman–Crippen MR) is 83.5 cm³/mol. The first-order valence-corrected chi connectivity index (χ1v) is 7.37. The highest BCUT2D eigenvalue weighted by molar-refractivity contribution is 7.99. The van der Waals surface area contributed by atoms with E-state index in [1.54, 1.807) is 0 Å². The quantitative estimate of drug-likeness (QED) is 0.486. The largest absolute Gasteiger partial charge is 0.468 e. The molecule has 1 amide bonds. The highest BCUT2D eigenvalue weighted by Gasteiger charge is 2.14. The monoisotopic (exact) mass is 336 g/mol. The van der Waals surface area contributed by atoms with E-state index in [1.807, 2.05) is 0 Å². The Morgan fingerprint density at radius 3 is 2.65 bits per heavy atom. The van der Waals surface area contributed by atoms with Crippen LogP contribution in [0.15, 0.2) is 35.6 Å². The van der Waals surface area contributed by atoms with Crippen molar-refractivity contribution in [2.75, 3.05) is 23.9 Å². The number of nitrogens with zero attached hydrogens (tertiary/aromatic N) is 2. The van der Waals surface area contributed by atoms with Crippen LogP contribution < -0.4 is 11.1 Å². The second-order valence-electron chi connectivity index (χ2n) is 4.28. The van der Waals surface area contributed by atoms with Crippen LogP contribution >= 0.6 is 11.8 Å². The van der Waals surface area contributed by atoms with Crippen LogP contribution in [-0.4, -0.2) is 34.7 Å². The van der Waals surface area contributed by atoms with Gasteiger partial charge in [0.2, 0.25) is 0 Å². The first-order valence-electron chi connectivity index (χ1n) is 6.38. The average Bonchev–Trinajstić information content (AvgIpc) is 2.54. The first kappa shape index (κ1) is 16.7. The van der Waals surface area contributed by atoms with Crippen LogP contribution in [-0.2, 0) is 9.53 Å². The molecule has 1 aromatic carbocycles. The predicted octanol–water partition coefficient (Wildman–Crippen LogP) is 1.72. The minimum Gasteiger partial charge on any atom is -0.468 e. The number of nitrogens with two attached hydrogens (primary N) is 1. The molecular formula is C14H13FN4O3S. The molecule has 0 fully saturated rings. The van der Waals surface area contributed by atoms with Crippen LogP contribution in [0.4, 0.5) is 15.9 Å². The summed E-state index contributed by atoms with van der Waals surface area (Å²) in [5.74, 6) is -1.32. The van der Waals surface area contributed by atoms with E-state index in [4.69, 9.17) is 5.73 Å². The smallest absolute Gasteiger partial charge is 0.316 e. The highest BCUT2D eigenvalue weighted by atomic mass is 32.2. The van der Waals surface area contributed by atoms with E-state index < -0.39 is 17.7 Å². The third-order valence-corrected chi connectivity index (χ3v) is 3.52. The minimum absolute atomic E-state index is 0.0213. The normalized spacial score (nSPS) is 10.2. The number of ether oxygens (including phenoxy) is 1. The van der Waals surface area contributed by atoms with Crippen molar-refractivity contribution in [2.45, 2.75) is 5.16 Å². The zero-order valence-electron chi connectivity index (χ0n) is 12.1. The van der Waals surface area contributed by atoms with Gasteiger partial charge in [-0.25, -0.2) is 14.4 Å². The minimum atomic E-state index is -0.515. The molecule has 7 nitrogen and oxygen atoms in total. The van der Waals surface area contributed by atoms with Crippen LogP contribution in [0.1, 0.15) is 10.4 Å².